The highest BCUT2D eigenvalue weighted by atomic mass is 16.4. The van der Waals surface area contributed by atoms with Crippen molar-refractivity contribution in [2.24, 2.45) is 0 Å². The lowest BCUT2D eigenvalue weighted by Crippen LogP contribution is -2.47. The fourth-order valence-corrected chi connectivity index (χ4v) is 3.02. The van der Waals surface area contributed by atoms with Gasteiger partial charge in [-0.3, -0.25) is 9.69 Å². The lowest BCUT2D eigenvalue weighted by molar-refractivity contribution is -0.139. The summed E-state index contributed by atoms with van der Waals surface area (Å²) in [6, 6.07) is 7.28. The molecule has 0 saturated heterocycles. The summed E-state index contributed by atoms with van der Waals surface area (Å²) in [6.45, 7) is 0.431. The molecule has 1 aromatic rings. The van der Waals surface area contributed by atoms with Crippen molar-refractivity contribution in [3.63, 3.8) is 0 Å². The van der Waals surface area contributed by atoms with E-state index in [1.807, 2.05) is 18.2 Å². The molecule has 110 valence electrons. The molecule has 2 N–H and O–H groups in total. The van der Waals surface area contributed by atoms with E-state index in [1.54, 1.807) is 11.0 Å². The minimum Gasteiger partial charge on any atom is -0.481 e. The van der Waals surface area contributed by atoms with Gasteiger partial charge in [0.05, 0.1) is 5.92 Å². The van der Waals surface area contributed by atoms with Gasteiger partial charge in [-0.2, -0.15) is 0 Å². The Morgan fingerprint density at radius 3 is 2.62 bits per heavy atom. The smallest absolute Gasteiger partial charge is 0.322 e. The van der Waals surface area contributed by atoms with E-state index < -0.39 is 11.9 Å². The zero-order chi connectivity index (χ0) is 14.8. The lowest BCUT2D eigenvalue weighted by atomic mass is 9.90. The molecule has 1 atom stereocenters. The number of hydrogen-bond donors (Lipinski definition) is 2. The standard InChI is InChI=1S/C16H18N2O3/c19-15(20)13-9-10-18(14-8-4-3-7-12(13)14)16(21)17-11-5-1-2-6-11/h1-4,7-8,11,13H,5-6,9-10H2,(H,17,21)(H,19,20). The molecule has 5 nitrogen and oxygen atoms in total. The van der Waals surface area contributed by atoms with Crippen LogP contribution in [0.25, 0.3) is 0 Å². The van der Waals surface area contributed by atoms with Crippen molar-refractivity contribution in [1.29, 1.82) is 0 Å². The van der Waals surface area contributed by atoms with E-state index >= 15 is 0 Å². The fraction of sp³-hybridized carbons (Fsp3) is 0.375. The molecule has 21 heavy (non-hydrogen) atoms. The van der Waals surface area contributed by atoms with E-state index in [1.165, 1.54) is 0 Å². The van der Waals surface area contributed by atoms with Gasteiger partial charge in [-0.25, -0.2) is 4.79 Å². The number of carbonyl (C=O) groups excluding carboxylic acids is 1. The average molecular weight is 286 g/mol. The number of aliphatic carboxylic acids is 1. The van der Waals surface area contributed by atoms with E-state index in [4.69, 9.17) is 0 Å². The van der Waals surface area contributed by atoms with Crippen LogP contribution in [0.1, 0.15) is 30.7 Å². The minimum absolute atomic E-state index is 0.139. The molecule has 2 amide bonds. The third-order valence-electron chi connectivity index (χ3n) is 4.12. The number of benzene rings is 1. The first kappa shape index (κ1) is 13.7. The second-order valence-corrected chi connectivity index (χ2v) is 5.48. The van der Waals surface area contributed by atoms with Gasteiger partial charge in [0, 0.05) is 18.3 Å². The number of para-hydroxylation sites is 1. The number of carboxylic acids is 1. The molecular weight excluding hydrogens is 268 g/mol. The van der Waals surface area contributed by atoms with Gasteiger partial charge in [0.25, 0.3) is 0 Å². The first-order valence-electron chi connectivity index (χ1n) is 7.21. The number of hydrogen-bond acceptors (Lipinski definition) is 2. The number of rotatable bonds is 2. The number of amides is 2. The molecule has 3 rings (SSSR count). The Hall–Kier alpha value is -2.30. The molecule has 0 bridgehead atoms. The molecule has 1 heterocycles. The predicted octanol–water partition coefficient (Wildman–Crippen LogP) is 2.49. The first-order valence-corrected chi connectivity index (χ1v) is 7.21. The summed E-state index contributed by atoms with van der Waals surface area (Å²) in [5.41, 5.74) is 1.43. The summed E-state index contributed by atoms with van der Waals surface area (Å²) in [7, 11) is 0. The molecule has 0 radical (unpaired) electrons. The van der Waals surface area contributed by atoms with Crippen LogP contribution in [0.2, 0.25) is 0 Å². The third kappa shape index (κ3) is 2.63. The molecule has 1 unspecified atom stereocenters. The zero-order valence-electron chi connectivity index (χ0n) is 11.7. The van der Waals surface area contributed by atoms with Crippen molar-refractivity contribution in [1.82, 2.24) is 5.32 Å². The Morgan fingerprint density at radius 2 is 1.90 bits per heavy atom. The molecule has 1 aromatic carbocycles. The molecule has 2 aliphatic rings. The van der Waals surface area contributed by atoms with Gasteiger partial charge in [0.2, 0.25) is 0 Å². The molecule has 0 saturated carbocycles. The highest BCUT2D eigenvalue weighted by Gasteiger charge is 2.32. The molecule has 5 heteroatoms. The van der Waals surface area contributed by atoms with Crippen molar-refractivity contribution < 1.29 is 14.7 Å². The summed E-state index contributed by atoms with van der Waals surface area (Å²) in [5.74, 6) is -1.36. The van der Waals surface area contributed by atoms with Crippen LogP contribution in [-0.2, 0) is 4.79 Å². The predicted molar refractivity (Wildman–Crippen MR) is 79.5 cm³/mol. The Bertz CT molecular complexity index is 589. The number of fused-ring (bicyclic) bond motifs is 1. The maximum Gasteiger partial charge on any atom is 0.322 e. The number of carbonyl (C=O) groups is 2. The number of nitrogens with one attached hydrogen (secondary N) is 1. The summed E-state index contributed by atoms with van der Waals surface area (Å²) in [5, 5.41) is 12.3. The SMILES string of the molecule is O=C(O)C1CCN(C(=O)NC2CC=CC2)c2ccccc21. The number of urea groups is 1. The number of anilines is 1. The summed E-state index contributed by atoms with van der Waals surface area (Å²) < 4.78 is 0. The second kappa shape index (κ2) is 5.60. The van der Waals surface area contributed by atoms with Gasteiger partial charge in [-0.1, -0.05) is 30.4 Å². The number of carboxylic acid groups (broad SMARTS) is 1. The zero-order valence-corrected chi connectivity index (χ0v) is 11.7. The highest BCUT2D eigenvalue weighted by Crippen LogP contribution is 2.35. The maximum atomic E-state index is 12.4. The average Bonchev–Trinajstić information content (AvgIpc) is 2.98. The fourth-order valence-electron chi connectivity index (χ4n) is 3.02. The van der Waals surface area contributed by atoms with Gasteiger partial charge in [0.1, 0.15) is 0 Å². The monoisotopic (exact) mass is 286 g/mol. The lowest BCUT2D eigenvalue weighted by Gasteiger charge is -2.33. The van der Waals surface area contributed by atoms with Crippen LogP contribution in [0.15, 0.2) is 36.4 Å². The second-order valence-electron chi connectivity index (χ2n) is 5.48. The Balaban J connectivity index is 1.81. The van der Waals surface area contributed by atoms with Crippen LogP contribution in [-0.4, -0.2) is 29.7 Å². The van der Waals surface area contributed by atoms with E-state index in [9.17, 15) is 14.7 Å². The molecule has 0 aromatic heterocycles. The Labute approximate surface area is 123 Å². The summed E-state index contributed by atoms with van der Waals surface area (Å²) in [4.78, 5) is 25.4. The molecule has 1 aliphatic heterocycles. The molecule has 0 spiro atoms. The van der Waals surface area contributed by atoms with E-state index in [0.717, 1.165) is 18.4 Å². The van der Waals surface area contributed by atoms with Crippen molar-refractivity contribution >= 4 is 17.7 Å². The third-order valence-corrected chi connectivity index (χ3v) is 4.12. The van der Waals surface area contributed by atoms with Crippen LogP contribution in [0, 0.1) is 0 Å². The quantitative estimate of drug-likeness (QED) is 0.821. The van der Waals surface area contributed by atoms with Crippen LogP contribution < -0.4 is 10.2 Å². The molecular formula is C16H18N2O3. The van der Waals surface area contributed by atoms with Crippen molar-refractivity contribution in [2.75, 3.05) is 11.4 Å². The van der Waals surface area contributed by atoms with Crippen molar-refractivity contribution in [3.8, 4) is 0 Å². The first-order chi connectivity index (χ1) is 10.2. The Morgan fingerprint density at radius 1 is 1.19 bits per heavy atom. The largest absolute Gasteiger partial charge is 0.481 e. The van der Waals surface area contributed by atoms with Gasteiger partial charge in [-0.05, 0) is 30.9 Å². The van der Waals surface area contributed by atoms with Crippen LogP contribution in [0.4, 0.5) is 10.5 Å². The van der Waals surface area contributed by atoms with Gasteiger partial charge < -0.3 is 10.4 Å². The van der Waals surface area contributed by atoms with Gasteiger partial charge in [0.15, 0.2) is 0 Å². The van der Waals surface area contributed by atoms with E-state index in [-0.39, 0.29) is 12.1 Å². The van der Waals surface area contributed by atoms with Crippen molar-refractivity contribution in [2.45, 2.75) is 31.2 Å². The normalized spacial score (nSPS) is 21.1. The van der Waals surface area contributed by atoms with Crippen LogP contribution in [0.3, 0.4) is 0 Å². The molecule has 1 aliphatic carbocycles. The minimum atomic E-state index is -0.831. The van der Waals surface area contributed by atoms with Gasteiger partial charge >= 0.3 is 12.0 Å². The van der Waals surface area contributed by atoms with E-state index in [2.05, 4.69) is 17.5 Å². The highest BCUT2D eigenvalue weighted by molar-refractivity contribution is 5.95. The van der Waals surface area contributed by atoms with Gasteiger partial charge in [-0.15, -0.1) is 0 Å². The summed E-state index contributed by atoms with van der Waals surface area (Å²) >= 11 is 0. The van der Waals surface area contributed by atoms with Crippen LogP contribution in [0.5, 0.6) is 0 Å². The van der Waals surface area contributed by atoms with E-state index in [0.29, 0.717) is 18.7 Å². The molecule has 0 fully saturated rings. The number of nitrogens with zero attached hydrogens (tertiary/aromatic N) is 1. The topological polar surface area (TPSA) is 69.6 Å². The van der Waals surface area contributed by atoms with Crippen LogP contribution >= 0.6 is 0 Å². The summed E-state index contributed by atoms with van der Waals surface area (Å²) in [6.07, 6.45) is 6.30. The van der Waals surface area contributed by atoms with Crippen molar-refractivity contribution in [3.05, 3.63) is 42.0 Å². The Kier molecular flexibility index (Phi) is 3.64. The maximum absolute atomic E-state index is 12.4.